The Morgan fingerprint density at radius 2 is 0.675 bits per heavy atom. The number of phosphoric ester groups is 1. The summed E-state index contributed by atoms with van der Waals surface area (Å²) in [4.78, 5) is 35.2. The van der Waals surface area contributed by atoms with Crippen LogP contribution in [0.1, 0.15) is 361 Å². The number of unbranched alkanes of at least 4 members (excludes halogenated alkanes) is 48. The topological polar surface area (TPSA) is 134 Å². The van der Waals surface area contributed by atoms with E-state index in [0.717, 1.165) is 51.4 Å². The average molecular weight is 1110 g/mol. The molecule has 0 aromatic rings. The van der Waals surface area contributed by atoms with Crippen molar-refractivity contribution < 1.29 is 37.6 Å². The molecular formula is C67H130NO8P. The zero-order valence-electron chi connectivity index (χ0n) is 51.2. The largest absolute Gasteiger partial charge is 0.472 e. The van der Waals surface area contributed by atoms with Crippen LogP contribution < -0.4 is 5.73 Å². The summed E-state index contributed by atoms with van der Waals surface area (Å²) in [6.07, 6.45) is 77.2. The van der Waals surface area contributed by atoms with E-state index in [1.807, 2.05) is 0 Å². The van der Waals surface area contributed by atoms with Gasteiger partial charge in [0.1, 0.15) is 6.61 Å². The quantitative estimate of drug-likeness (QED) is 0.0264. The van der Waals surface area contributed by atoms with Gasteiger partial charge in [0.15, 0.2) is 6.10 Å². The second-order valence-corrected chi connectivity index (χ2v) is 24.5. The Morgan fingerprint density at radius 1 is 0.390 bits per heavy atom. The first kappa shape index (κ1) is 75.5. The molecule has 77 heavy (non-hydrogen) atoms. The van der Waals surface area contributed by atoms with Crippen molar-refractivity contribution in [3.8, 4) is 0 Å². The standard InChI is InChI=1S/C67H130NO8P/c1-3-5-7-9-11-13-15-17-19-21-22-23-24-25-26-27-28-29-30-31-32-33-34-35-36-37-38-39-40-41-42-44-45-47-49-51-53-55-57-59-66(69)73-63-65(64-75-77(71,72)74-62-61-68)76-67(70)60-58-56-54-52-50-48-46-43-20-18-16-14-12-10-8-6-4-2/h12,14,18,20,65H,3-11,13,15-17,19,21-64,68H2,1-2H3,(H,71,72)/b14-12-,20-18-. The Bertz CT molecular complexity index is 1310. The van der Waals surface area contributed by atoms with E-state index in [4.69, 9.17) is 24.3 Å². The van der Waals surface area contributed by atoms with Gasteiger partial charge in [0.25, 0.3) is 0 Å². The SMILES string of the molecule is CCCCC/C=C\C/C=C\CCCCCCCCCC(=O)OC(COC(=O)CCCCCCCCCCCCCCCCCCCCCCCCCCCCCCCCCCCCCCCCC)COP(=O)(O)OCCN. The minimum absolute atomic E-state index is 0.0540. The summed E-state index contributed by atoms with van der Waals surface area (Å²) in [6.45, 7) is 3.77. The van der Waals surface area contributed by atoms with Crippen LogP contribution in [-0.4, -0.2) is 49.3 Å². The monoisotopic (exact) mass is 1110 g/mol. The number of allylic oxidation sites excluding steroid dienone is 4. The third-order valence-electron chi connectivity index (χ3n) is 15.3. The first-order chi connectivity index (χ1) is 37.8. The highest BCUT2D eigenvalue weighted by molar-refractivity contribution is 7.47. The number of carbonyl (C=O) groups excluding carboxylic acids is 2. The first-order valence-corrected chi connectivity index (χ1v) is 35.3. The molecular weight excluding hydrogens is 978 g/mol. The van der Waals surface area contributed by atoms with Crippen molar-refractivity contribution in [1.82, 2.24) is 0 Å². The van der Waals surface area contributed by atoms with Crippen molar-refractivity contribution in [2.45, 2.75) is 367 Å². The molecule has 0 aliphatic rings. The number of nitrogens with two attached hydrogens (primary N) is 1. The lowest BCUT2D eigenvalue weighted by atomic mass is 10.0. The molecule has 0 amide bonds. The molecule has 0 heterocycles. The van der Waals surface area contributed by atoms with Crippen molar-refractivity contribution in [3.63, 3.8) is 0 Å². The van der Waals surface area contributed by atoms with Gasteiger partial charge in [0.2, 0.25) is 0 Å². The molecule has 0 aliphatic heterocycles. The summed E-state index contributed by atoms with van der Waals surface area (Å²) >= 11 is 0. The molecule has 0 spiro atoms. The lowest BCUT2D eigenvalue weighted by Crippen LogP contribution is -2.29. The minimum atomic E-state index is -4.39. The van der Waals surface area contributed by atoms with Crippen molar-refractivity contribution in [2.24, 2.45) is 5.73 Å². The summed E-state index contributed by atoms with van der Waals surface area (Å²) in [5.41, 5.74) is 5.39. The minimum Gasteiger partial charge on any atom is -0.462 e. The van der Waals surface area contributed by atoms with Gasteiger partial charge in [0.05, 0.1) is 13.2 Å². The maximum Gasteiger partial charge on any atom is 0.472 e. The molecule has 0 aromatic carbocycles. The van der Waals surface area contributed by atoms with Gasteiger partial charge in [-0.25, -0.2) is 4.57 Å². The van der Waals surface area contributed by atoms with E-state index in [0.29, 0.717) is 6.42 Å². The molecule has 10 heteroatoms. The van der Waals surface area contributed by atoms with Crippen LogP contribution in [0.3, 0.4) is 0 Å². The van der Waals surface area contributed by atoms with Gasteiger partial charge in [-0.3, -0.25) is 18.6 Å². The maximum atomic E-state index is 12.7. The number of carbonyl (C=O) groups is 2. The lowest BCUT2D eigenvalue weighted by Gasteiger charge is -2.19. The van der Waals surface area contributed by atoms with Crippen molar-refractivity contribution in [1.29, 1.82) is 0 Å². The van der Waals surface area contributed by atoms with E-state index in [2.05, 4.69) is 38.2 Å². The molecule has 456 valence electrons. The predicted octanol–water partition coefficient (Wildman–Crippen LogP) is 21.8. The van der Waals surface area contributed by atoms with E-state index in [-0.39, 0.29) is 38.6 Å². The molecule has 3 N–H and O–H groups in total. The Hall–Kier alpha value is -1.51. The first-order valence-electron chi connectivity index (χ1n) is 33.8. The Morgan fingerprint density at radius 3 is 1.01 bits per heavy atom. The molecule has 0 aliphatic carbocycles. The molecule has 0 bridgehead atoms. The molecule has 2 atom stereocenters. The molecule has 0 rings (SSSR count). The second kappa shape index (κ2) is 63.7. The summed E-state index contributed by atoms with van der Waals surface area (Å²) in [7, 11) is -4.39. The highest BCUT2D eigenvalue weighted by Crippen LogP contribution is 2.43. The molecule has 0 fully saturated rings. The highest BCUT2D eigenvalue weighted by Gasteiger charge is 2.26. The fourth-order valence-corrected chi connectivity index (χ4v) is 11.1. The number of hydrogen-bond donors (Lipinski definition) is 2. The fourth-order valence-electron chi connectivity index (χ4n) is 10.3. The Kier molecular flexibility index (Phi) is 62.4. The maximum absolute atomic E-state index is 12.7. The highest BCUT2D eigenvalue weighted by atomic mass is 31.2. The second-order valence-electron chi connectivity index (χ2n) is 23.1. The van der Waals surface area contributed by atoms with Gasteiger partial charge in [-0.15, -0.1) is 0 Å². The summed E-state index contributed by atoms with van der Waals surface area (Å²) in [5, 5.41) is 0. The van der Waals surface area contributed by atoms with Gasteiger partial charge in [-0.1, -0.05) is 327 Å². The smallest absolute Gasteiger partial charge is 0.462 e. The van der Waals surface area contributed by atoms with Crippen molar-refractivity contribution >= 4 is 19.8 Å². The van der Waals surface area contributed by atoms with E-state index in [1.165, 1.54) is 276 Å². The van der Waals surface area contributed by atoms with E-state index >= 15 is 0 Å². The van der Waals surface area contributed by atoms with Crippen LogP contribution in [0.2, 0.25) is 0 Å². The number of phosphoric acid groups is 1. The summed E-state index contributed by atoms with van der Waals surface area (Å²) < 4.78 is 33.1. The van der Waals surface area contributed by atoms with Gasteiger partial charge in [0, 0.05) is 19.4 Å². The zero-order chi connectivity index (χ0) is 55.9. The van der Waals surface area contributed by atoms with E-state index in [1.54, 1.807) is 0 Å². The van der Waals surface area contributed by atoms with Gasteiger partial charge in [-0.2, -0.15) is 0 Å². The van der Waals surface area contributed by atoms with Crippen LogP contribution in [-0.2, 0) is 32.7 Å². The number of hydrogen-bond acceptors (Lipinski definition) is 8. The molecule has 0 saturated carbocycles. The molecule has 9 nitrogen and oxygen atoms in total. The van der Waals surface area contributed by atoms with E-state index in [9.17, 15) is 19.0 Å². The Labute approximate surface area is 478 Å². The predicted molar refractivity (Wildman–Crippen MR) is 331 cm³/mol. The lowest BCUT2D eigenvalue weighted by molar-refractivity contribution is -0.161. The van der Waals surface area contributed by atoms with Crippen LogP contribution >= 0.6 is 7.82 Å². The fraction of sp³-hybridized carbons (Fsp3) is 0.910. The third kappa shape index (κ3) is 63.5. The number of esters is 2. The van der Waals surface area contributed by atoms with Gasteiger partial charge in [-0.05, 0) is 44.9 Å². The molecule has 0 saturated heterocycles. The van der Waals surface area contributed by atoms with Crippen LogP contribution in [0.25, 0.3) is 0 Å². The summed E-state index contributed by atoms with van der Waals surface area (Å²) in [5.74, 6) is -0.819. The van der Waals surface area contributed by atoms with Crippen LogP contribution in [0, 0.1) is 0 Å². The molecule has 0 aromatic heterocycles. The summed E-state index contributed by atoms with van der Waals surface area (Å²) in [6, 6.07) is 0. The average Bonchev–Trinajstić information content (AvgIpc) is 3.42. The van der Waals surface area contributed by atoms with Crippen LogP contribution in [0.15, 0.2) is 24.3 Å². The number of rotatable bonds is 65. The molecule has 0 radical (unpaired) electrons. The van der Waals surface area contributed by atoms with Gasteiger partial charge >= 0.3 is 19.8 Å². The number of ether oxygens (including phenoxy) is 2. The van der Waals surface area contributed by atoms with Crippen molar-refractivity contribution in [2.75, 3.05) is 26.4 Å². The Balaban J connectivity index is 3.72. The third-order valence-corrected chi connectivity index (χ3v) is 16.3. The normalized spacial score (nSPS) is 13.0. The van der Waals surface area contributed by atoms with Crippen molar-refractivity contribution in [3.05, 3.63) is 24.3 Å². The van der Waals surface area contributed by atoms with E-state index < -0.39 is 26.5 Å². The zero-order valence-corrected chi connectivity index (χ0v) is 52.1. The van der Waals surface area contributed by atoms with Crippen LogP contribution in [0.5, 0.6) is 0 Å². The van der Waals surface area contributed by atoms with Crippen LogP contribution in [0.4, 0.5) is 0 Å². The van der Waals surface area contributed by atoms with Gasteiger partial charge < -0.3 is 20.1 Å². The molecule has 2 unspecified atom stereocenters.